The highest BCUT2D eigenvalue weighted by Crippen LogP contribution is 2.09. The summed E-state index contributed by atoms with van der Waals surface area (Å²) in [5.41, 5.74) is 6.51. The highest BCUT2D eigenvalue weighted by Gasteiger charge is 2.20. The highest BCUT2D eigenvalue weighted by molar-refractivity contribution is 5.97. The number of nitrogen functional groups attached to an aromatic ring is 1. The molecule has 15 heavy (non-hydrogen) atoms. The lowest BCUT2D eigenvalue weighted by atomic mass is 10.2. The number of nitrogens with zero attached hydrogens (tertiary/aromatic N) is 2. The number of hydrogen-bond donors (Lipinski definition) is 3. The van der Waals surface area contributed by atoms with E-state index in [2.05, 4.69) is 15.7 Å². The van der Waals surface area contributed by atoms with E-state index in [4.69, 9.17) is 5.73 Å². The van der Waals surface area contributed by atoms with Gasteiger partial charge < -0.3 is 16.4 Å². The largest absolute Gasteiger partial charge is 0.396 e. The van der Waals surface area contributed by atoms with E-state index >= 15 is 0 Å². The summed E-state index contributed by atoms with van der Waals surface area (Å²) >= 11 is 0. The average Bonchev–Trinajstić information content (AvgIpc) is 2.77. The van der Waals surface area contributed by atoms with Crippen LogP contribution >= 0.6 is 0 Å². The number of carbonyl (C=O) groups is 1. The third-order valence-corrected chi connectivity index (χ3v) is 2.58. The summed E-state index contributed by atoms with van der Waals surface area (Å²) in [6.45, 7) is 1.77. The molecule has 1 fully saturated rings. The molecule has 1 aliphatic rings. The molecule has 1 aromatic rings. The summed E-state index contributed by atoms with van der Waals surface area (Å²) in [6, 6.07) is 0.201. The first-order valence-corrected chi connectivity index (χ1v) is 4.97. The Morgan fingerprint density at radius 2 is 2.60 bits per heavy atom. The first-order valence-electron chi connectivity index (χ1n) is 4.97. The molecule has 0 saturated carbocycles. The first kappa shape index (κ1) is 9.97. The first-order chi connectivity index (χ1) is 7.18. The SMILES string of the molecule is Cn1ncc(N)c1C(=O)NC1CCNC1. The standard InChI is InChI=1S/C9H15N5O/c1-14-8(7(10)5-12-14)9(15)13-6-2-3-11-4-6/h5-6,11H,2-4,10H2,1H3,(H,13,15). The number of rotatable bonds is 2. The Kier molecular flexibility index (Phi) is 2.59. The van der Waals surface area contributed by atoms with Crippen LogP contribution in [0.2, 0.25) is 0 Å². The van der Waals surface area contributed by atoms with E-state index < -0.39 is 0 Å². The number of carbonyl (C=O) groups excluding carboxylic acids is 1. The fraction of sp³-hybridized carbons (Fsp3) is 0.556. The van der Waals surface area contributed by atoms with E-state index in [-0.39, 0.29) is 11.9 Å². The molecule has 1 saturated heterocycles. The Bertz CT molecular complexity index is 347. The van der Waals surface area contributed by atoms with E-state index in [1.807, 2.05) is 0 Å². The van der Waals surface area contributed by atoms with Crippen LogP contribution in [0.25, 0.3) is 0 Å². The fourth-order valence-corrected chi connectivity index (χ4v) is 1.76. The van der Waals surface area contributed by atoms with Gasteiger partial charge in [0.1, 0.15) is 5.69 Å². The van der Waals surface area contributed by atoms with E-state index in [1.54, 1.807) is 7.05 Å². The summed E-state index contributed by atoms with van der Waals surface area (Å²) in [7, 11) is 1.71. The van der Waals surface area contributed by atoms with Crippen molar-refractivity contribution < 1.29 is 4.79 Å². The number of nitrogens with one attached hydrogen (secondary N) is 2. The molecule has 0 radical (unpaired) electrons. The van der Waals surface area contributed by atoms with Crippen molar-refractivity contribution in [3.63, 3.8) is 0 Å². The second kappa shape index (κ2) is 3.90. The molecule has 1 aliphatic heterocycles. The summed E-state index contributed by atoms with van der Waals surface area (Å²) in [6.07, 6.45) is 2.45. The second-order valence-electron chi connectivity index (χ2n) is 3.74. The molecular weight excluding hydrogens is 194 g/mol. The van der Waals surface area contributed by atoms with E-state index in [0.29, 0.717) is 11.4 Å². The van der Waals surface area contributed by atoms with Crippen LogP contribution in [0.4, 0.5) is 5.69 Å². The van der Waals surface area contributed by atoms with Crippen LogP contribution in [0, 0.1) is 0 Å². The van der Waals surface area contributed by atoms with E-state index in [0.717, 1.165) is 19.5 Å². The highest BCUT2D eigenvalue weighted by atomic mass is 16.2. The van der Waals surface area contributed by atoms with Crippen LogP contribution < -0.4 is 16.4 Å². The predicted octanol–water partition coefficient (Wildman–Crippen LogP) is -0.906. The maximum Gasteiger partial charge on any atom is 0.271 e. The average molecular weight is 209 g/mol. The van der Waals surface area contributed by atoms with E-state index in [1.165, 1.54) is 10.9 Å². The molecule has 2 heterocycles. The van der Waals surface area contributed by atoms with Gasteiger partial charge >= 0.3 is 0 Å². The zero-order chi connectivity index (χ0) is 10.8. The van der Waals surface area contributed by atoms with Crippen LogP contribution in [-0.2, 0) is 7.05 Å². The molecule has 0 aromatic carbocycles. The third kappa shape index (κ3) is 1.94. The molecule has 4 N–H and O–H groups in total. The minimum atomic E-state index is -0.152. The molecular formula is C9H15N5O. The second-order valence-corrected chi connectivity index (χ2v) is 3.74. The van der Waals surface area contributed by atoms with Gasteiger partial charge in [-0.25, -0.2) is 0 Å². The number of anilines is 1. The summed E-state index contributed by atoms with van der Waals surface area (Å²) < 4.78 is 1.49. The summed E-state index contributed by atoms with van der Waals surface area (Å²) in [5, 5.41) is 10.0. The summed E-state index contributed by atoms with van der Waals surface area (Å²) in [4.78, 5) is 11.8. The Morgan fingerprint density at radius 3 is 3.13 bits per heavy atom. The molecule has 0 bridgehead atoms. The quantitative estimate of drug-likeness (QED) is 0.589. The van der Waals surface area contributed by atoms with E-state index in [9.17, 15) is 4.79 Å². The Morgan fingerprint density at radius 1 is 1.80 bits per heavy atom. The molecule has 1 aromatic heterocycles. The van der Waals surface area contributed by atoms with Gasteiger partial charge in [-0.3, -0.25) is 9.48 Å². The topological polar surface area (TPSA) is 85.0 Å². The molecule has 0 spiro atoms. The predicted molar refractivity (Wildman–Crippen MR) is 56.4 cm³/mol. The van der Waals surface area contributed by atoms with Gasteiger partial charge in [0.25, 0.3) is 5.91 Å². The van der Waals surface area contributed by atoms with Crippen molar-refractivity contribution in [3.8, 4) is 0 Å². The van der Waals surface area contributed by atoms with Gasteiger partial charge in [0.15, 0.2) is 0 Å². The lowest BCUT2D eigenvalue weighted by Crippen LogP contribution is -2.37. The van der Waals surface area contributed by atoms with Crippen molar-refractivity contribution in [2.45, 2.75) is 12.5 Å². The molecule has 82 valence electrons. The normalized spacial score (nSPS) is 20.5. The van der Waals surface area contributed by atoms with Gasteiger partial charge in [-0.15, -0.1) is 0 Å². The van der Waals surface area contributed by atoms with Gasteiger partial charge in [0.05, 0.1) is 11.9 Å². The Hall–Kier alpha value is -1.56. The molecule has 1 atom stereocenters. The van der Waals surface area contributed by atoms with Crippen molar-refractivity contribution in [3.05, 3.63) is 11.9 Å². The van der Waals surface area contributed by atoms with Crippen molar-refractivity contribution in [2.75, 3.05) is 18.8 Å². The molecule has 2 rings (SSSR count). The van der Waals surface area contributed by atoms with Gasteiger partial charge in [-0.2, -0.15) is 5.10 Å². The van der Waals surface area contributed by atoms with Crippen LogP contribution in [0.1, 0.15) is 16.9 Å². The summed E-state index contributed by atoms with van der Waals surface area (Å²) in [5.74, 6) is -0.152. The lowest BCUT2D eigenvalue weighted by Gasteiger charge is -2.11. The number of amides is 1. The van der Waals surface area contributed by atoms with Crippen molar-refractivity contribution in [1.82, 2.24) is 20.4 Å². The van der Waals surface area contributed by atoms with Crippen LogP contribution in [0.15, 0.2) is 6.20 Å². The number of aryl methyl sites for hydroxylation is 1. The maximum atomic E-state index is 11.8. The van der Waals surface area contributed by atoms with Crippen molar-refractivity contribution in [2.24, 2.45) is 7.05 Å². The zero-order valence-electron chi connectivity index (χ0n) is 8.66. The van der Waals surface area contributed by atoms with Gasteiger partial charge in [-0.05, 0) is 13.0 Å². The van der Waals surface area contributed by atoms with Crippen molar-refractivity contribution in [1.29, 1.82) is 0 Å². The van der Waals surface area contributed by atoms with Crippen molar-refractivity contribution >= 4 is 11.6 Å². The van der Waals surface area contributed by atoms with Gasteiger partial charge in [-0.1, -0.05) is 0 Å². The van der Waals surface area contributed by atoms with Crippen LogP contribution in [0.3, 0.4) is 0 Å². The molecule has 1 amide bonds. The third-order valence-electron chi connectivity index (χ3n) is 2.58. The maximum absolute atomic E-state index is 11.8. The molecule has 0 aliphatic carbocycles. The van der Waals surface area contributed by atoms with Crippen LogP contribution in [-0.4, -0.2) is 34.8 Å². The number of aromatic nitrogens is 2. The van der Waals surface area contributed by atoms with Crippen LogP contribution in [0.5, 0.6) is 0 Å². The monoisotopic (exact) mass is 209 g/mol. The minimum absolute atomic E-state index is 0.152. The van der Waals surface area contributed by atoms with Gasteiger partial charge in [0, 0.05) is 19.6 Å². The minimum Gasteiger partial charge on any atom is -0.396 e. The molecule has 6 heteroatoms. The Labute approximate surface area is 87.8 Å². The lowest BCUT2D eigenvalue weighted by molar-refractivity contribution is 0.0931. The molecule has 1 unspecified atom stereocenters. The smallest absolute Gasteiger partial charge is 0.271 e. The zero-order valence-corrected chi connectivity index (χ0v) is 8.66. The van der Waals surface area contributed by atoms with Gasteiger partial charge in [0.2, 0.25) is 0 Å². The molecule has 6 nitrogen and oxygen atoms in total. The Balaban J connectivity index is 2.07. The number of hydrogen-bond acceptors (Lipinski definition) is 4. The number of nitrogens with two attached hydrogens (primary N) is 1. The fourth-order valence-electron chi connectivity index (χ4n) is 1.76.